The Hall–Kier alpha value is -2.96. The summed E-state index contributed by atoms with van der Waals surface area (Å²) in [6.45, 7) is 3.46. The third-order valence-electron chi connectivity index (χ3n) is 3.79. The second kappa shape index (κ2) is 5.05. The van der Waals surface area contributed by atoms with Crippen LogP contribution < -0.4 is 5.73 Å². The molecule has 0 saturated carbocycles. The summed E-state index contributed by atoms with van der Waals surface area (Å²) in [5.74, 6) is -0.621. The van der Waals surface area contributed by atoms with Crippen molar-refractivity contribution >= 4 is 23.1 Å². The summed E-state index contributed by atoms with van der Waals surface area (Å²) in [6.07, 6.45) is 4.43. The number of nitrogens with two attached hydrogens (primary N) is 1. The van der Waals surface area contributed by atoms with Gasteiger partial charge in [-0.2, -0.15) is 10.2 Å². The molecule has 0 unspecified atom stereocenters. The second-order valence-electron chi connectivity index (χ2n) is 6.03. The number of amides is 1. The fourth-order valence-electron chi connectivity index (χ4n) is 2.54. The van der Waals surface area contributed by atoms with Gasteiger partial charge in [0.1, 0.15) is 11.8 Å². The minimum absolute atomic E-state index is 0.160. The van der Waals surface area contributed by atoms with Gasteiger partial charge in [0.15, 0.2) is 5.69 Å². The maximum atomic E-state index is 11.6. The number of hydrogen-bond donors (Lipinski definition) is 1. The fourth-order valence-corrected chi connectivity index (χ4v) is 2.54. The van der Waals surface area contributed by atoms with Crippen molar-refractivity contribution in [2.24, 2.45) is 12.8 Å². The zero-order valence-corrected chi connectivity index (χ0v) is 13.1. The van der Waals surface area contributed by atoms with Gasteiger partial charge in [0.2, 0.25) is 0 Å². The van der Waals surface area contributed by atoms with Crippen LogP contribution in [-0.4, -0.2) is 31.8 Å². The molecule has 7 heteroatoms. The van der Waals surface area contributed by atoms with Gasteiger partial charge in [0.05, 0.1) is 11.7 Å². The topological polar surface area (TPSA) is 95.8 Å². The molecule has 0 atom stereocenters. The normalized spacial score (nSPS) is 11.8. The Kier molecular flexibility index (Phi) is 3.28. The van der Waals surface area contributed by atoms with Crippen LogP contribution in [0.4, 0.5) is 0 Å². The molecule has 1 aromatic carbocycles. The maximum Gasteiger partial charge on any atom is 0.269 e. The van der Waals surface area contributed by atoms with Gasteiger partial charge < -0.3 is 10.5 Å². The first-order valence-corrected chi connectivity index (χ1v) is 7.12. The summed E-state index contributed by atoms with van der Waals surface area (Å²) in [5.41, 5.74) is 7.22. The molecule has 3 aromatic rings. The molecular weight excluding hydrogens is 294 g/mol. The Balaban J connectivity index is 2.30. The van der Waals surface area contributed by atoms with Crippen LogP contribution in [-0.2, 0) is 17.4 Å². The highest BCUT2D eigenvalue weighted by molar-refractivity contribution is 6.05. The molecule has 118 valence electrons. The molecule has 0 bridgehead atoms. The first-order valence-electron chi connectivity index (χ1n) is 7.12. The summed E-state index contributed by atoms with van der Waals surface area (Å²) < 4.78 is 3.25. The molecule has 0 aliphatic rings. The highest BCUT2D eigenvalue weighted by Gasteiger charge is 2.26. The van der Waals surface area contributed by atoms with Crippen molar-refractivity contribution in [3.63, 3.8) is 0 Å². The molecule has 0 aliphatic carbocycles. The van der Waals surface area contributed by atoms with Crippen LogP contribution in [0.1, 0.15) is 24.3 Å². The minimum Gasteiger partial charge on any atom is -0.364 e. The summed E-state index contributed by atoms with van der Waals surface area (Å²) in [7, 11) is 1.84. The van der Waals surface area contributed by atoms with E-state index in [1.54, 1.807) is 30.8 Å². The van der Waals surface area contributed by atoms with Gasteiger partial charge >= 0.3 is 0 Å². The monoisotopic (exact) mass is 311 g/mol. The molecule has 2 heterocycles. The Morgan fingerprint density at radius 3 is 2.61 bits per heavy atom. The molecule has 2 aromatic heterocycles. The average Bonchev–Trinajstić information content (AvgIpc) is 3.10. The Bertz CT molecular complexity index is 920. The maximum absolute atomic E-state index is 11.6. The molecule has 23 heavy (non-hydrogen) atoms. The van der Waals surface area contributed by atoms with E-state index in [0.29, 0.717) is 10.9 Å². The number of aryl methyl sites for hydroxylation is 1. The van der Waals surface area contributed by atoms with Crippen molar-refractivity contribution in [3.05, 3.63) is 36.3 Å². The van der Waals surface area contributed by atoms with Gasteiger partial charge in [-0.25, -0.2) is 0 Å². The number of carbonyl (C=O) groups excluding carboxylic acids is 2. The lowest BCUT2D eigenvalue weighted by Gasteiger charge is -2.19. The predicted octanol–water partition coefficient (Wildman–Crippen LogP) is 1.47. The Morgan fingerprint density at radius 1 is 1.30 bits per heavy atom. The van der Waals surface area contributed by atoms with Crippen molar-refractivity contribution in [3.8, 4) is 11.1 Å². The number of primary amides is 1. The smallest absolute Gasteiger partial charge is 0.269 e. The number of benzene rings is 1. The van der Waals surface area contributed by atoms with Crippen molar-refractivity contribution in [1.82, 2.24) is 19.6 Å². The average molecular weight is 311 g/mol. The van der Waals surface area contributed by atoms with E-state index in [0.717, 1.165) is 17.4 Å². The molecule has 0 spiro atoms. The molecular formula is C16H17N5O2. The van der Waals surface area contributed by atoms with Crippen LogP contribution in [0, 0.1) is 0 Å². The third-order valence-corrected chi connectivity index (χ3v) is 3.79. The highest BCUT2D eigenvalue weighted by Crippen LogP contribution is 2.29. The quantitative estimate of drug-likeness (QED) is 0.738. The summed E-state index contributed by atoms with van der Waals surface area (Å²) in [4.78, 5) is 23.1. The number of aldehydes is 1. The van der Waals surface area contributed by atoms with E-state index >= 15 is 0 Å². The molecule has 3 rings (SSSR count). The second-order valence-corrected chi connectivity index (χ2v) is 6.03. The number of aromatic nitrogens is 4. The lowest BCUT2D eigenvalue weighted by atomic mass is 10.0. The van der Waals surface area contributed by atoms with Crippen LogP contribution >= 0.6 is 0 Å². The molecule has 0 saturated heterocycles. The lowest BCUT2D eigenvalue weighted by Crippen LogP contribution is -2.29. The fraction of sp³-hybridized carbons (Fsp3) is 0.250. The highest BCUT2D eigenvalue weighted by atomic mass is 16.1. The molecule has 0 aliphatic heterocycles. The molecule has 0 fully saturated rings. The van der Waals surface area contributed by atoms with E-state index in [1.165, 1.54) is 4.68 Å². The first-order chi connectivity index (χ1) is 10.8. The first kappa shape index (κ1) is 15.0. The number of fused-ring (bicyclic) bond motifs is 1. The van der Waals surface area contributed by atoms with Crippen LogP contribution in [0.5, 0.6) is 0 Å². The summed E-state index contributed by atoms with van der Waals surface area (Å²) >= 11 is 0. The summed E-state index contributed by atoms with van der Waals surface area (Å²) in [5, 5.41) is 9.04. The Morgan fingerprint density at radius 2 is 2.04 bits per heavy atom. The van der Waals surface area contributed by atoms with E-state index in [2.05, 4.69) is 10.2 Å². The number of nitrogens with zero attached hydrogens (tertiary/aromatic N) is 4. The van der Waals surface area contributed by atoms with Gasteiger partial charge in [-0.1, -0.05) is 6.07 Å². The van der Waals surface area contributed by atoms with Gasteiger partial charge in [0.25, 0.3) is 5.91 Å². The minimum atomic E-state index is -0.889. The molecule has 0 radical (unpaired) electrons. The van der Waals surface area contributed by atoms with Crippen molar-refractivity contribution < 1.29 is 9.59 Å². The van der Waals surface area contributed by atoms with Gasteiger partial charge in [-0.3, -0.25) is 14.2 Å². The van der Waals surface area contributed by atoms with Crippen molar-refractivity contribution in [2.45, 2.75) is 19.4 Å². The van der Waals surface area contributed by atoms with Crippen molar-refractivity contribution in [1.29, 1.82) is 0 Å². The van der Waals surface area contributed by atoms with Crippen LogP contribution in [0.25, 0.3) is 22.0 Å². The number of rotatable bonds is 4. The summed E-state index contributed by atoms with van der Waals surface area (Å²) in [6, 6.07) is 5.56. The van der Waals surface area contributed by atoms with Crippen LogP contribution in [0.2, 0.25) is 0 Å². The van der Waals surface area contributed by atoms with E-state index in [9.17, 15) is 9.59 Å². The lowest BCUT2D eigenvalue weighted by molar-refractivity contribution is -0.114. The Labute approximate surface area is 132 Å². The zero-order valence-electron chi connectivity index (χ0n) is 13.1. The molecule has 2 N–H and O–H groups in total. The van der Waals surface area contributed by atoms with E-state index in [4.69, 9.17) is 5.73 Å². The zero-order chi connectivity index (χ0) is 16.8. The third kappa shape index (κ3) is 2.40. The number of carbonyl (C=O) groups is 2. The van der Waals surface area contributed by atoms with Gasteiger partial charge in [-0.05, 0) is 31.5 Å². The molecule has 1 amide bonds. The largest absolute Gasteiger partial charge is 0.364 e. The van der Waals surface area contributed by atoms with Gasteiger partial charge in [-0.15, -0.1) is 0 Å². The van der Waals surface area contributed by atoms with E-state index in [-0.39, 0.29) is 5.69 Å². The van der Waals surface area contributed by atoms with Crippen LogP contribution in [0.3, 0.4) is 0 Å². The van der Waals surface area contributed by atoms with E-state index < -0.39 is 11.4 Å². The van der Waals surface area contributed by atoms with Crippen LogP contribution in [0.15, 0.2) is 30.6 Å². The standard InChI is InChI=1S/C16H17N5O2/c1-16(2,9-22)21-13-6-10(11-7-18-20(3)8-11)4-5-12(13)14(19-21)15(17)23/h4-9H,1-3H3,(H2,17,23). The predicted molar refractivity (Wildman–Crippen MR) is 85.8 cm³/mol. The number of hydrogen-bond acceptors (Lipinski definition) is 4. The SMILES string of the molecule is Cn1cc(-c2ccc3c(C(N)=O)nn(C(C)(C)C=O)c3c2)cn1. The van der Waals surface area contributed by atoms with Crippen molar-refractivity contribution in [2.75, 3.05) is 0 Å². The van der Waals surface area contributed by atoms with E-state index in [1.807, 2.05) is 25.4 Å². The molecule has 7 nitrogen and oxygen atoms in total. The van der Waals surface area contributed by atoms with Gasteiger partial charge in [0, 0.05) is 24.2 Å².